The molecule has 0 aliphatic carbocycles. The molecule has 0 unspecified atom stereocenters. The number of nitrogen functional groups attached to an aromatic ring is 1. The molecule has 3 N–H and O–H groups in total. The van der Waals surface area contributed by atoms with Crippen LogP contribution in [0.5, 0.6) is 0 Å². The third kappa shape index (κ3) is 2.86. The van der Waals surface area contributed by atoms with Gasteiger partial charge in [-0.1, -0.05) is 0 Å². The van der Waals surface area contributed by atoms with Crippen LogP contribution in [0.1, 0.15) is 13.3 Å². The van der Waals surface area contributed by atoms with Crippen molar-refractivity contribution in [3.8, 4) is 0 Å². The van der Waals surface area contributed by atoms with Crippen LogP contribution in [0.25, 0.3) is 11.0 Å². The number of fused-ring (bicyclic) bond motifs is 1. The standard InChI is InChI=1S/C12H14BrFN4O/c1-2-16-11(19)3-4-18-10-5-7(13)8(14)6-9(10)17-12(18)15/h5-6H,2-4H2,1H3,(H2,15,17)(H,16,19). The number of nitrogens with two attached hydrogens (primary N) is 1. The van der Waals surface area contributed by atoms with E-state index in [-0.39, 0.29) is 17.7 Å². The largest absolute Gasteiger partial charge is 0.369 e. The van der Waals surface area contributed by atoms with Crippen LogP contribution in [0, 0.1) is 5.82 Å². The van der Waals surface area contributed by atoms with E-state index in [1.807, 2.05) is 6.92 Å². The van der Waals surface area contributed by atoms with Gasteiger partial charge in [-0.3, -0.25) is 4.79 Å². The van der Waals surface area contributed by atoms with Crippen molar-refractivity contribution in [2.45, 2.75) is 19.9 Å². The number of imidazole rings is 1. The molecule has 1 aromatic carbocycles. The second-order valence-electron chi connectivity index (χ2n) is 4.08. The molecule has 2 rings (SSSR count). The zero-order valence-electron chi connectivity index (χ0n) is 10.4. The van der Waals surface area contributed by atoms with Gasteiger partial charge < -0.3 is 15.6 Å². The Bertz CT molecular complexity index is 626. The molecule has 1 amide bonds. The molecule has 1 aromatic heterocycles. The summed E-state index contributed by atoms with van der Waals surface area (Å²) in [6.45, 7) is 2.86. The molecule has 0 spiro atoms. The van der Waals surface area contributed by atoms with Crippen LogP contribution in [-0.4, -0.2) is 22.0 Å². The van der Waals surface area contributed by atoms with E-state index in [4.69, 9.17) is 5.73 Å². The maximum Gasteiger partial charge on any atom is 0.221 e. The number of carbonyl (C=O) groups excluding carboxylic acids is 1. The van der Waals surface area contributed by atoms with Crippen LogP contribution < -0.4 is 11.1 Å². The molecule has 0 atom stereocenters. The Labute approximate surface area is 118 Å². The van der Waals surface area contributed by atoms with Gasteiger partial charge in [0.15, 0.2) is 0 Å². The van der Waals surface area contributed by atoms with Gasteiger partial charge in [-0.2, -0.15) is 0 Å². The van der Waals surface area contributed by atoms with Gasteiger partial charge in [0.05, 0.1) is 15.5 Å². The molecule has 1 heterocycles. The van der Waals surface area contributed by atoms with E-state index in [1.54, 1.807) is 10.6 Å². The lowest BCUT2D eigenvalue weighted by molar-refractivity contribution is -0.121. The number of rotatable bonds is 4. The third-order valence-corrected chi connectivity index (χ3v) is 3.36. The topological polar surface area (TPSA) is 72.9 Å². The van der Waals surface area contributed by atoms with Crippen LogP contribution in [0.15, 0.2) is 16.6 Å². The van der Waals surface area contributed by atoms with Gasteiger partial charge in [0.1, 0.15) is 5.82 Å². The van der Waals surface area contributed by atoms with E-state index < -0.39 is 0 Å². The Kier molecular flexibility index (Phi) is 4.04. The summed E-state index contributed by atoms with van der Waals surface area (Å²) < 4.78 is 15.5. The molecule has 7 heteroatoms. The quantitative estimate of drug-likeness (QED) is 0.902. The minimum absolute atomic E-state index is 0.0510. The van der Waals surface area contributed by atoms with Gasteiger partial charge in [0, 0.05) is 25.6 Å². The molecule has 5 nitrogen and oxygen atoms in total. The highest BCUT2D eigenvalue weighted by Crippen LogP contribution is 2.25. The van der Waals surface area contributed by atoms with Crippen molar-refractivity contribution in [3.63, 3.8) is 0 Å². The number of aromatic nitrogens is 2. The van der Waals surface area contributed by atoms with Crippen molar-refractivity contribution in [1.29, 1.82) is 0 Å². The minimum atomic E-state index is -0.388. The Morgan fingerprint density at radius 3 is 3.00 bits per heavy atom. The predicted octanol–water partition coefficient (Wildman–Crippen LogP) is 2.05. The number of halogens is 2. The van der Waals surface area contributed by atoms with E-state index in [0.717, 1.165) is 0 Å². The van der Waals surface area contributed by atoms with Crippen molar-refractivity contribution < 1.29 is 9.18 Å². The summed E-state index contributed by atoms with van der Waals surface area (Å²) in [6, 6.07) is 2.93. The average Bonchev–Trinajstić information content (AvgIpc) is 2.63. The lowest BCUT2D eigenvalue weighted by Gasteiger charge is -2.06. The van der Waals surface area contributed by atoms with Gasteiger partial charge in [-0.15, -0.1) is 0 Å². The van der Waals surface area contributed by atoms with Crippen LogP contribution in [0.4, 0.5) is 10.3 Å². The zero-order valence-corrected chi connectivity index (χ0v) is 12.0. The number of nitrogens with one attached hydrogen (secondary N) is 1. The maximum atomic E-state index is 13.4. The summed E-state index contributed by atoms with van der Waals surface area (Å²) in [7, 11) is 0. The monoisotopic (exact) mass is 328 g/mol. The molecule has 0 aliphatic rings. The SMILES string of the molecule is CCNC(=O)CCn1c(N)nc2cc(F)c(Br)cc21. The van der Waals surface area contributed by atoms with Crippen LogP contribution in [0.3, 0.4) is 0 Å². The molecule has 0 saturated carbocycles. The molecule has 102 valence electrons. The van der Waals surface area contributed by atoms with Crippen molar-refractivity contribution in [3.05, 3.63) is 22.4 Å². The van der Waals surface area contributed by atoms with Gasteiger partial charge in [0.2, 0.25) is 11.9 Å². The highest BCUT2D eigenvalue weighted by molar-refractivity contribution is 9.10. The fourth-order valence-corrected chi connectivity index (χ4v) is 2.20. The molecule has 0 aliphatic heterocycles. The molecular formula is C12H14BrFN4O. The van der Waals surface area contributed by atoms with E-state index in [9.17, 15) is 9.18 Å². The van der Waals surface area contributed by atoms with Crippen LogP contribution >= 0.6 is 15.9 Å². The summed E-state index contributed by atoms with van der Waals surface area (Å²) in [4.78, 5) is 15.5. The lowest BCUT2D eigenvalue weighted by atomic mass is 10.3. The Morgan fingerprint density at radius 2 is 2.32 bits per heavy atom. The molecular weight excluding hydrogens is 315 g/mol. The number of amides is 1. The van der Waals surface area contributed by atoms with E-state index in [0.29, 0.717) is 35.0 Å². The number of aryl methyl sites for hydroxylation is 1. The Balaban J connectivity index is 2.30. The Morgan fingerprint density at radius 1 is 1.58 bits per heavy atom. The zero-order chi connectivity index (χ0) is 14.0. The first-order valence-corrected chi connectivity index (χ1v) is 6.69. The maximum absolute atomic E-state index is 13.4. The third-order valence-electron chi connectivity index (χ3n) is 2.76. The van der Waals surface area contributed by atoms with Gasteiger partial charge in [-0.25, -0.2) is 9.37 Å². The minimum Gasteiger partial charge on any atom is -0.369 e. The molecule has 2 aromatic rings. The number of hydrogen-bond acceptors (Lipinski definition) is 3. The predicted molar refractivity (Wildman–Crippen MR) is 75.1 cm³/mol. The molecule has 0 fully saturated rings. The van der Waals surface area contributed by atoms with Crippen LogP contribution in [0.2, 0.25) is 0 Å². The lowest BCUT2D eigenvalue weighted by Crippen LogP contribution is -2.24. The second-order valence-corrected chi connectivity index (χ2v) is 4.93. The summed E-state index contributed by atoms with van der Waals surface area (Å²) in [5.74, 6) is -0.164. The number of anilines is 1. The van der Waals surface area contributed by atoms with E-state index in [1.165, 1.54) is 6.07 Å². The Hall–Kier alpha value is -1.63. The molecule has 19 heavy (non-hydrogen) atoms. The molecule has 0 radical (unpaired) electrons. The average molecular weight is 329 g/mol. The van der Waals surface area contributed by atoms with Crippen molar-refractivity contribution in [2.75, 3.05) is 12.3 Å². The molecule has 0 saturated heterocycles. The first-order valence-electron chi connectivity index (χ1n) is 5.90. The van der Waals surface area contributed by atoms with Gasteiger partial charge in [0.25, 0.3) is 0 Å². The summed E-state index contributed by atoms with van der Waals surface area (Å²) in [5.41, 5.74) is 6.98. The van der Waals surface area contributed by atoms with Gasteiger partial charge >= 0.3 is 0 Å². The van der Waals surface area contributed by atoms with E-state index >= 15 is 0 Å². The smallest absolute Gasteiger partial charge is 0.221 e. The van der Waals surface area contributed by atoms with E-state index in [2.05, 4.69) is 26.2 Å². The first-order chi connectivity index (χ1) is 9.02. The fraction of sp³-hybridized carbons (Fsp3) is 0.333. The number of nitrogens with zero attached hydrogens (tertiary/aromatic N) is 2. The summed E-state index contributed by atoms with van der Waals surface area (Å²) in [5, 5.41) is 2.71. The summed E-state index contributed by atoms with van der Waals surface area (Å²) in [6.07, 6.45) is 0.304. The first kappa shape index (κ1) is 13.8. The van der Waals surface area contributed by atoms with Crippen molar-refractivity contribution in [1.82, 2.24) is 14.9 Å². The number of benzene rings is 1. The van der Waals surface area contributed by atoms with Crippen molar-refractivity contribution in [2.24, 2.45) is 0 Å². The van der Waals surface area contributed by atoms with Gasteiger partial charge in [-0.05, 0) is 28.9 Å². The highest BCUT2D eigenvalue weighted by atomic mass is 79.9. The normalized spacial score (nSPS) is 10.9. The summed E-state index contributed by atoms with van der Waals surface area (Å²) >= 11 is 3.13. The highest BCUT2D eigenvalue weighted by Gasteiger charge is 2.12. The molecule has 0 bridgehead atoms. The fourth-order valence-electron chi connectivity index (χ4n) is 1.87. The van der Waals surface area contributed by atoms with Crippen LogP contribution in [-0.2, 0) is 11.3 Å². The number of carbonyl (C=O) groups is 1. The second kappa shape index (κ2) is 5.56. The number of hydrogen-bond donors (Lipinski definition) is 2. The van der Waals surface area contributed by atoms with Crippen molar-refractivity contribution >= 4 is 38.8 Å².